The van der Waals surface area contributed by atoms with Gasteiger partial charge in [-0.25, -0.2) is 0 Å². The van der Waals surface area contributed by atoms with Crippen LogP contribution in [0.15, 0.2) is 34.9 Å². The quantitative estimate of drug-likeness (QED) is 0.603. The standard InChI is InChI=1S/C13H11NO4.C8H18O/c1-8-5-12(18-14-8)10-4-2-3-9(6-10)11(15)7-13(16)17;1-7(2,3)9-8(4,5)6/h2-6H,7H2,1H3,(H,16,17);1-6H3. The van der Waals surface area contributed by atoms with Crippen LogP contribution in [0.5, 0.6) is 0 Å². The Morgan fingerprint density at radius 1 is 1.07 bits per heavy atom. The molecule has 0 spiro atoms. The Morgan fingerprint density at radius 2 is 1.67 bits per heavy atom. The molecule has 1 heterocycles. The maximum absolute atomic E-state index is 11.6. The summed E-state index contributed by atoms with van der Waals surface area (Å²) >= 11 is 0. The molecule has 1 N–H and O–H groups in total. The van der Waals surface area contributed by atoms with Crippen LogP contribution < -0.4 is 0 Å². The minimum absolute atomic E-state index is 0.0156. The number of aryl methyl sites for hydroxylation is 1. The summed E-state index contributed by atoms with van der Waals surface area (Å²) in [4.78, 5) is 22.1. The van der Waals surface area contributed by atoms with Crippen molar-refractivity contribution >= 4 is 11.8 Å². The van der Waals surface area contributed by atoms with Gasteiger partial charge in [0.2, 0.25) is 0 Å². The van der Waals surface area contributed by atoms with Gasteiger partial charge >= 0.3 is 5.97 Å². The van der Waals surface area contributed by atoms with E-state index in [-0.39, 0.29) is 11.2 Å². The highest BCUT2D eigenvalue weighted by atomic mass is 16.5. The average molecular weight is 375 g/mol. The Kier molecular flexibility index (Phi) is 7.48. The number of carbonyl (C=O) groups excluding carboxylic acids is 1. The highest BCUT2D eigenvalue weighted by molar-refractivity contribution is 6.05. The fraction of sp³-hybridized carbons (Fsp3) is 0.476. The van der Waals surface area contributed by atoms with Crippen LogP contribution in [-0.2, 0) is 9.53 Å². The van der Waals surface area contributed by atoms with E-state index in [1.807, 2.05) is 0 Å². The molecule has 0 aliphatic carbocycles. The zero-order chi connectivity index (χ0) is 20.8. The largest absolute Gasteiger partial charge is 0.481 e. The molecule has 148 valence electrons. The molecule has 27 heavy (non-hydrogen) atoms. The smallest absolute Gasteiger partial charge is 0.311 e. The Hall–Kier alpha value is -2.47. The van der Waals surface area contributed by atoms with Crippen LogP contribution in [-0.4, -0.2) is 33.2 Å². The number of nitrogens with zero attached hydrogens (tertiary/aromatic N) is 1. The van der Waals surface area contributed by atoms with Crippen LogP contribution in [0.3, 0.4) is 0 Å². The first kappa shape index (κ1) is 22.6. The van der Waals surface area contributed by atoms with Crippen molar-refractivity contribution < 1.29 is 24.0 Å². The second-order valence-corrected chi connectivity index (χ2v) is 8.23. The molecule has 0 amide bonds. The van der Waals surface area contributed by atoms with E-state index < -0.39 is 18.2 Å². The zero-order valence-corrected chi connectivity index (χ0v) is 17.1. The lowest BCUT2D eigenvalue weighted by Gasteiger charge is -2.30. The Bertz CT molecular complexity index is 766. The number of Topliss-reactive ketones (excluding diaryl/α,β-unsaturated/α-hetero) is 1. The second kappa shape index (κ2) is 8.95. The van der Waals surface area contributed by atoms with Crippen molar-refractivity contribution in [2.45, 2.75) is 66.1 Å². The van der Waals surface area contributed by atoms with Crippen LogP contribution in [0.1, 0.15) is 64.0 Å². The van der Waals surface area contributed by atoms with Gasteiger partial charge in [-0.2, -0.15) is 0 Å². The number of benzene rings is 1. The topological polar surface area (TPSA) is 89.6 Å². The van der Waals surface area contributed by atoms with Gasteiger partial charge in [0, 0.05) is 17.2 Å². The van der Waals surface area contributed by atoms with Gasteiger partial charge < -0.3 is 14.4 Å². The molecule has 0 unspecified atom stereocenters. The predicted octanol–water partition coefficient (Wildman–Crippen LogP) is 4.91. The molecule has 0 aliphatic rings. The van der Waals surface area contributed by atoms with Gasteiger partial charge in [0.05, 0.1) is 16.9 Å². The van der Waals surface area contributed by atoms with E-state index >= 15 is 0 Å². The normalized spacial score (nSPS) is 11.5. The van der Waals surface area contributed by atoms with E-state index in [0.29, 0.717) is 16.9 Å². The maximum Gasteiger partial charge on any atom is 0.311 e. The Labute approximate surface area is 160 Å². The molecule has 1 aromatic heterocycles. The van der Waals surface area contributed by atoms with E-state index in [1.54, 1.807) is 37.3 Å². The number of hydrogen-bond acceptors (Lipinski definition) is 5. The summed E-state index contributed by atoms with van der Waals surface area (Å²) < 4.78 is 10.7. The van der Waals surface area contributed by atoms with E-state index in [2.05, 4.69) is 46.7 Å². The van der Waals surface area contributed by atoms with E-state index in [9.17, 15) is 9.59 Å². The number of hydrogen-bond donors (Lipinski definition) is 1. The molecule has 6 heteroatoms. The number of aliphatic carboxylic acids is 1. The van der Waals surface area contributed by atoms with E-state index in [1.165, 1.54) is 0 Å². The molecule has 0 radical (unpaired) electrons. The molecule has 2 rings (SSSR count). The average Bonchev–Trinajstić information content (AvgIpc) is 2.90. The zero-order valence-electron chi connectivity index (χ0n) is 17.1. The fourth-order valence-corrected chi connectivity index (χ4v) is 2.50. The highest BCUT2D eigenvalue weighted by Crippen LogP contribution is 2.22. The van der Waals surface area contributed by atoms with Gasteiger partial charge in [-0.1, -0.05) is 23.4 Å². The van der Waals surface area contributed by atoms with Gasteiger partial charge in [0.15, 0.2) is 11.5 Å². The Morgan fingerprint density at radius 3 is 2.07 bits per heavy atom. The van der Waals surface area contributed by atoms with Crippen LogP contribution in [0.25, 0.3) is 11.3 Å². The molecule has 0 saturated carbocycles. The van der Waals surface area contributed by atoms with E-state index in [0.717, 1.165) is 5.69 Å². The molecule has 0 atom stereocenters. The molecular weight excluding hydrogens is 346 g/mol. The lowest BCUT2D eigenvalue weighted by Crippen LogP contribution is -2.31. The first-order valence-electron chi connectivity index (χ1n) is 8.76. The third kappa shape index (κ3) is 9.15. The highest BCUT2D eigenvalue weighted by Gasteiger charge is 2.20. The monoisotopic (exact) mass is 375 g/mol. The lowest BCUT2D eigenvalue weighted by molar-refractivity contribution is -0.135. The van der Waals surface area contributed by atoms with Crippen LogP contribution >= 0.6 is 0 Å². The summed E-state index contributed by atoms with van der Waals surface area (Å²) in [7, 11) is 0. The number of carbonyl (C=O) groups is 2. The summed E-state index contributed by atoms with van der Waals surface area (Å²) in [5, 5.41) is 12.3. The van der Waals surface area contributed by atoms with Gasteiger partial charge in [-0.3, -0.25) is 9.59 Å². The van der Waals surface area contributed by atoms with Gasteiger partial charge in [-0.15, -0.1) is 0 Å². The molecule has 6 nitrogen and oxygen atoms in total. The number of carboxylic acid groups (broad SMARTS) is 1. The van der Waals surface area contributed by atoms with Crippen molar-refractivity contribution in [3.63, 3.8) is 0 Å². The van der Waals surface area contributed by atoms with Gasteiger partial charge in [-0.05, 0) is 54.5 Å². The maximum atomic E-state index is 11.6. The summed E-state index contributed by atoms with van der Waals surface area (Å²) in [5.74, 6) is -1.01. The first-order valence-corrected chi connectivity index (χ1v) is 8.76. The van der Waals surface area contributed by atoms with E-state index in [4.69, 9.17) is 14.4 Å². The number of aromatic nitrogens is 1. The Balaban J connectivity index is 0.000000345. The number of rotatable bonds is 4. The van der Waals surface area contributed by atoms with Crippen molar-refractivity contribution in [1.82, 2.24) is 5.16 Å². The lowest BCUT2D eigenvalue weighted by atomic mass is 10.0. The van der Waals surface area contributed by atoms with Crippen LogP contribution in [0.4, 0.5) is 0 Å². The number of ether oxygens (including phenoxy) is 1. The second-order valence-electron chi connectivity index (χ2n) is 8.23. The summed E-state index contributed by atoms with van der Waals surface area (Å²) in [6, 6.07) is 8.39. The number of ketones is 1. The summed E-state index contributed by atoms with van der Waals surface area (Å²) in [5.41, 5.74) is 1.76. The molecule has 0 aliphatic heterocycles. The summed E-state index contributed by atoms with van der Waals surface area (Å²) in [6.07, 6.45) is -0.515. The minimum atomic E-state index is -1.14. The molecule has 0 bridgehead atoms. The minimum Gasteiger partial charge on any atom is -0.481 e. The van der Waals surface area contributed by atoms with Crippen molar-refractivity contribution in [2.75, 3.05) is 0 Å². The number of carboxylic acids is 1. The molecule has 0 fully saturated rings. The molecule has 1 aromatic carbocycles. The predicted molar refractivity (Wildman–Crippen MR) is 104 cm³/mol. The van der Waals surface area contributed by atoms with Gasteiger partial charge in [0.25, 0.3) is 0 Å². The molecule has 0 saturated heterocycles. The summed E-state index contributed by atoms with van der Waals surface area (Å²) in [6.45, 7) is 14.2. The van der Waals surface area contributed by atoms with Crippen LogP contribution in [0, 0.1) is 6.92 Å². The molecule has 2 aromatic rings. The fourth-order valence-electron chi connectivity index (χ4n) is 2.50. The third-order valence-corrected chi connectivity index (χ3v) is 3.02. The van der Waals surface area contributed by atoms with Crippen molar-refractivity contribution in [2.24, 2.45) is 0 Å². The van der Waals surface area contributed by atoms with Crippen LogP contribution in [0.2, 0.25) is 0 Å². The molecular formula is C21H29NO5. The van der Waals surface area contributed by atoms with Crippen molar-refractivity contribution in [3.8, 4) is 11.3 Å². The van der Waals surface area contributed by atoms with Gasteiger partial charge in [0.1, 0.15) is 6.42 Å². The SMILES string of the molecule is CC(C)(C)OC(C)(C)C.Cc1cc(-c2cccc(C(=O)CC(=O)O)c2)on1. The van der Waals surface area contributed by atoms with Crippen molar-refractivity contribution in [3.05, 3.63) is 41.6 Å². The third-order valence-electron chi connectivity index (χ3n) is 3.02. The first-order chi connectivity index (χ1) is 12.3. The van der Waals surface area contributed by atoms with Crippen molar-refractivity contribution in [1.29, 1.82) is 0 Å².